The zero-order valence-electron chi connectivity index (χ0n) is 10.5. The molecule has 100 valence electrons. The number of nitrogens with zero attached hydrogens (tertiary/aromatic N) is 1. The van der Waals surface area contributed by atoms with Crippen LogP contribution < -0.4 is 0 Å². The van der Waals surface area contributed by atoms with Crippen LogP contribution in [-0.2, 0) is 15.6 Å². The topological polar surface area (TPSA) is 74.7 Å². The van der Waals surface area contributed by atoms with Crippen molar-refractivity contribution in [3.8, 4) is 0 Å². The zero-order chi connectivity index (χ0) is 13.8. The smallest absolute Gasteiger partial charge is 0.335 e. The average Bonchev–Trinajstić information content (AvgIpc) is 2.26. The Kier molecular flexibility index (Phi) is 4.86. The lowest BCUT2D eigenvalue weighted by molar-refractivity contribution is 0.0696. The first-order chi connectivity index (χ1) is 8.30. The van der Waals surface area contributed by atoms with Gasteiger partial charge in [-0.1, -0.05) is 12.1 Å². The molecule has 1 rings (SSSR count). The van der Waals surface area contributed by atoms with Gasteiger partial charge in [-0.15, -0.1) is 0 Å². The first kappa shape index (κ1) is 14.7. The molecule has 0 heterocycles. The van der Waals surface area contributed by atoms with Gasteiger partial charge in [0.2, 0.25) is 0 Å². The molecule has 1 aromatic rings. The number of rotatable bonds is 6. The standard InChI is InChI=1S/C12H17NO4S/c1-13(2)6-7-18(16,17)9-10-4-3-5-11(8-10)12(14)15/h3-5,8H,6-7,9H2,1-2H3,(H,14,15). The van der Waals surface area contributed by atoms with Crippen molar-refractivity contribution in [2.24, 2.45) is 0 Å². The maximum atomic E-state index is 11.8. The average molecular weight is 271 g/mol. The number of carbonyl (C=O) groups is 1. The van der Waals surface area contributed by atoms with Gasteiger partial charge in [-0.3, -0.25) is 0 Å². The summed E-state index contributed by atoms with van der Waals surface area (Å²) < 4.78 is 23.6. The summed E-state index contributed by atoms with van der Waals surface area (Å²) >= 11 is 0. The molecule has 0 aliphatic heterocycles. The minimum absolute atomic E-state index is 0.0668. The van der Waals surface area contributed by atoms with Gasteiger partial charge in [0, 0.05) is 6.54 Å². The predicted octanol–water partition coefficient (Wildman–Crippen LogP) is 0.861. The molecule has 0 aromatic heterocycles. The van der Waals surface area contributed by atoms with Crippen molar-refractivity contribution >= 4 is 15.8 Å². The molecular formula is C12H17NO4S. The van der Waals surface area contributed by atoms with E-state index in [1.54, 1.807) is 31.1 Å². The van der Waals surface area contributed by atoms with Crippen LogP contribution in [0.25, 0.3) is 0 Å². The highest BCUT2D eigenvalue weighted by Crippen LogP contribution is 2.10. The number of carboxylic acids is 1. The molecule has 18 heavy (non-hydrogen) atoms. The highest BCUT2D eigenvalue weighted by Gasteiger charge is 2.13. The summed E-state index contributed by atoms with van der Waals surface area (Å²) in [6.45, 7) is 0.459. The Morgan fingerprint density at radius 3 is 2.56 bits per heavy atom. The first-order valence-corrected chi connectivity index (χ1v) is 7.30. The summed E-state index contributed by atoms with van der Waals surface area (Å²) in [5, 5.41) is 8.83. The van der Waals surface area contributed by atoms with Crippen molar-refractivity contribution in [1.29, 1.82) is 0 Å². The van der Waals surface area contributed by atoms with E-state index in [0.29, 0.717) is 12.1 Å². The fourth-order valence-corrected chi connectivity index (χ4v) is 2.92. The highest BCUT2D eigenvalue weighted by molar-refractivity contribution is 7.90. The van der Waals surface area contributed by atoms with Crippen LogP contribution in [0.15, 0.2) is 24.3 Å². The Hall–Kier alpha value is -1.40. The second-order valence-corrected chi connectivity index (χ2v) is 6.58. The molecule has 0 atom stereocenters. The van der Waals surface area contributed by atoms with Gasteiger partial charge < -0.3 is 10.0 Å². The van der Waals surface area contributed by atoms with E-state index >= 15 is 0 Å². The normalized spacial score (nSPS) is 11.7. The summed E-state index contributed by atoms with van der Waals surface area (Å²) in [6, 6.07) is 6.02. The van der Waals surface area contributed by atoms with Crippen molar-refractivity contribution in [2.75, 3.05) is 26.4 Å². The first-order valence-electron chi connectivity index (χ1n) is 5.47. The number of benzene rings is 1. The Morgan fingerprint density at radius 1 is 1.33 bits per heavy atom. The molecule has 0 bridgehead atoms. The van der Waals surface area contributed by atoms with E-state index in [1.165, 1.54) is 12.1 Å². The van der Waals surface area contributed by atoms with Crippen LogP contribution in [-0.4, -0.2) is 50.8 Å². The molecule has 6 heteroatoms. The van der Waals surface area contributed by atoms with Crippen LogP contribution >= 0.6 is 0 Å². The van der Waals surface area contributed by atoms with Gasteiger partial charge in [0.05, 0.1) is 17.1 Å². The van der Waals surface area contributed by atoms with Gasteiger partial charge in [0.25, 0.3) is 0 Å². The van der Waals surface area contributed by atoms with Crippen LogP contribution in [0, 0.1) is 0 Å². The zero-order valence-corrected chi connectivity index (χ0v) is 11.3. The van der Waals surface area contributed by atoms with E-state index in [4.69, 9.17) is 5.11 Å². The van der Waals surface area contributed by atoms with Crippen LogP contribution in [0.2, 0.25) is 0 Å². The Morgan fingerprint density at radius 2 is 2.00 bits per heavy atom. The summed E-state index contributed by atoms with van der Waals surface area (Å²) in [5.41, 5.74) is 0.615. The summed E-state index contributed by atoms with van der Waals surface area (Å²) in [7, 11) is 0.405. The lowest BCUT2D eigenvalue weighted by atomic mass is 10.1. The van der Waals surface area contributed by atoms with Crippen LogP contribution in [0.5, 0.6) is 0 Å². The Bertz CT molecular complexity index is 523. The molecular weight excluding hydrogens is 254 g/mol. The third-order valence-electron chi connectivity index (χ3n) is 2.41. The molecule has 1 N–H and O–H groups in total. The minimum atomic E-state index is -3.21. The third kappa shape index (κ3) is 4.85. The monoisotopic (exact) mass is 271 g/mol. The van der Waals surface area contributed by atoms with Crippen molar-refractivity contribution in [3.63, 3.8) is 0 Å². The molecule has 0 fully saturated rings. The van der Waals surface area contributed by atoms with Gasteiger partial charge in [-0.25, -0.2) is 13.2 Å². The highest BCUT2D eigenvalue weighted by atomic mass is 32.2. The van der Waals surface area contributed by atoms with E-state index in [2.05, 4.69) is 0 Å². The number of hydrogen-bond donors (Lipinski definition) is 1. The van der Waals surface area contributed by atoms with Gasteiger partial charge in [0.1, 0.15) is 0 Å². The lowest BCUT2D eigenvalue weighted by Gasteiger charge is -2.10. The van der Waals surface area contributed by atoms with Gasteiger partial charge in [0.15, 0.2) is 9.84 Å². The lowest BCUT2D eigenvalue weighted by Crippen LogP contribution is -2.22. The second kappa shape index (κ2) is 5.97. The molecule has 0 spiro atoms. The molecule has 0 radical (unpaired) electrons. The van der Waals surface area contributed by atoms with E-state index < -0.39 is 15.8 Å². The Balaban J connectivity index is 2.78. The summed E-state index contributed by atoms with van der Waals surface area (Å²) in [5.74, 6) is -1.11. The molecule has 0 unspecified atom stereocenters. The fourth-order valence-electron chi connectivity index (χ4n) is 1.44. The van der Waals surface area contributed by atoms with E-state index in [9.17, 15) is 13.2 Å². The summed E-state index contributed by atoms with van der Waals surface area (Å²) in [6.07, 6.45) is 0. The number of carboxylic acid groups (broad SMARTS) is 1. The van der Waals surface area contributed by atoms with Gasteiger partial charge >= 0.3 is 5.97 Å². The van der Waals surface area contributed by atoms with E-state index in [-0.39, 0.29) is 17.1 Å². The number of sulfone groups is 1. The van der Waals surface area contributed by atoms with Crippen LogP contribution in [0.1, 0.15) is 15.9 Å². The predicted molar refractivity (Wildman–Crippen MR) is 69.4 cm³/mol. The van der Waals surface area contributed by atoms with E-state index in [1.807, 2.05) is 0 Å². The SMILES string of the molecule is CN(C)CCS(=O)(=O)Cc1cccc(C(=O)O)c1. The molecule has 0 aliphatic rings. The maximum absolute atomic E-state index is 11.8. The van der Waals surface area contributed by atoms with Crippen molar-refractivity contribution in [3.05, 3.63) is 35.4 Å². The number of aromatic carboxylic acids is 1. The third-order valence-corrected chi connectivity index (χ3v) is 3.99. The minimum Gasteiger partial charge on any atom is -0.478 e. The van der Waals surface area contributed by atoms with Gasteiger partial charge in [-0.05, 0) is 31.8 Å². The Labute approximate surface area is 107 Å². The van der Waals surface area contributed by atoms with Crippen molar-refractivity contribution in [2.45, 2.75) is 5.75 Å². The van der Waals surface area contributed by atoms with Gasteiger partial charge in [-0.2, -0.15) is 0 Å². The van der Waals surface area contributed by atoms with Crippen molar-refractivity contribution in [1.82, 2.24) is 4.90 Å². The van der Waals surface area contributed by atoms with E-state index in [0.717, 1.165) is 0 Å². The van der Waals surface area contributed by atoms with Crippen LogP contribution in [0.3, 0.4) is 0 Å². The molecule has 0 aliphatic carbocycles. The maximum Gasteiger partial charge on any atom is 0.335 e. The molecule has 0 amide bonds. The molecule has 1 aromatic carbocycles. The fraction of sp³-hybridized carbons (Fsp3) is 0.417. The largest absolute Gasteiger partial charge is 0.478 e. The van der Waals surface area contributed by atoms with Crippen LogP contribution in [0.4, 0.5) is 0 Å². The van der Waals surface area contributed by atoms with Crippen molar-refractivity contribution < 1.29 is 18.3 Å². The molecule has 5 nitrogen and oxygen atoms in total. The molecule has 0 saturated heterocycles. The second-order valence-electron chi connectivity index (χ2n) is 4.40. The molecule has 0 saturated carbocycles. The number of hydrogen-bond acceptors (Lipinski definition) is 4. The summed E-state index contributed by atoms with van der Waals surface area (Å²) in [4.78, 5) is 12.6. The quantitative estimate of drug-likeness (QED) is 0.830.